The quantitative estimate of drug-likeness (QED) is 0.663. The van der Waals surface area contributed by atoms with E-state index in [0.29, 0.717) is 15.7 Å². The molecule has 2 aromatic rings. The lowest BCUT2D eigenvalue weighted by Gasteiger charge is -2.06. The lowest BCUT2D eigenvalue weighted by molar-refractivity contribution is 0.530. The second-order valence-corrected chi connectivity index (χ2v) is 5.00. The number of anilines is 1. The van der Waals surface area contributed by atoms with Gasteiger partial charge in [0.1, 0.15) is 5.76 Å². The van der Waals surface area contributed by atoms with Crippen LogP contribution in [0.5, 0.6) is 0 Å². The van der Waals surface area contributed by atoms with Crippen molar-refractivity contribution in [1.29, 1.82) is 0 Å². The van der Waals surface area contributed by atoms with E-state index in [9.17, 15) is 0 Å². The maximum Gasteiger partial charge on any atom is 0.113 e. The van der Waals surface area contributed by atoms with E-state index in [0.717, 1.165) is 16.4 Å². The van der Waals surface area contributed by atoms with Gasteiger partial charge in [-0.25, -0.2) is 0 Å². The Morgan fingerprint density at radius 3 is 2.69 bits per heavy atom. The third kappa shape index (κ3) is 2.67. The predicted octanol–water partition coefficient (Wildman–Crippen LogP) is 4.46. The summed E-state index contributed by atoms with van der Waals surface area (Å²) in [4.78, 5) is 0.908. The summed E-state index contributed by atoms with van der Waals surface area (Å²) >= 11 is 13.3. The number of thioether (sulfide) groups is 1. The molecule has 16 heavy (non-hydrogen) atoms. The molecule has 0 aliphatic rings. The molecule has 0 amide bonds. The summed E-state index contributed by atoms with van der Waals surface area (Å²) in [7, 11) is 0. The summed E-state index contributed by atoms with van der Waals surface area (Å²) in [6.45, 7) is 0. The molecule has 0 atom stereocenters. The number of hydrogen-bond donors (Lipinski definition) is 1. The third-order valence-corrected chi connectivity index (χ3v) is 3.82. The van der Waals surface area contributed by atoms with E-state index in [2.05, 4.69) is 0 Å². The van der Waals surface area contributed by atoms with Crippen LogP contribution in [0.4, 0.5) is 5.69 Å². The topological polar surface area (TPSA) is 39.2 Å². The molecular formula is C11H9Cl2NOS. The Morgan fingerprint density at radius 2 is 2.00 bits per heavy atom. The Labute approximate surface area is 108 Å². The van der Waals surface area contributed by atoms with Gasteiger partial charge in [-0.05, 0) is 24.3 Å². The van der Waals surface area contributed by atoms with Gasteiger partial charge < -0.3 is 10.2 Å². The molecule has 1 aromatic heterocycles. The third-order valence-electron chi connectivity index (χ3n) is 2.00. The summed E-state index contributed by atoms with van der Waals surface area (Å²) < 4.78 is 5.23. The standard InChI is InChI=1S/C11H9Cl2NOS/c12-8-4-10(14)11(5-9(8)13)16-6-7-2-1-3-15-7/h1-5H,6,14H2. The van der Waals surface area contributed by atoms with Crippen LogP contribution in [-0.2, 0) is 5.75 Å². The molecule has 1 aromatic carbocycles. The Balaban J connectivity index is 2.12. The molecule has 0 aliphatic heterocycles. The molecule has 0 spiro atoms. The fourth-order valence-electron chi connectivity index (χ4n) is 1.21. The zero-order valence-corrected chi connectivity index (χ0v) is 10.6. The molecule has 0 aliphatic carbocycles. The summed E-state index contributed by atoms with van der Waals surface area (Å²) in [6.07, 6.45) is 1.65. The molecule has 2 rings (SSSR count). The maximum atomic E-state index is 5.92. The molecule has 0 radical (unpaired) electrons. The van der Waals surface area contributed by atoms with Crippen LogP contribution in [0.15, 0.2) is 39.8 Å². The van der Waals surface area contributed by atoms with Crippen molar-refractivity contribution in [2.45, 2.75) is 10.6 Å². The average Bonchev–Trinajstić information content (AvgIpc) is 2.74. The minimum Gasteiger partial charge on any atom is -0.468 e. The Morgan fingerprint density at radius 1 is 1.25 bits per heavy atom. The number of benzene rings is 1. The van der Waals surface area contributed by atoms with Crippen molar-refractivity contribution in [3.8, 4) is 0 Å². The van der Waals surface area contributed by atoms with Crippen LogP contribution in [0, 0.1) is 0 Å². The number of nitrogens with two attached hydrogens (primary N) is 1. The summed E-state index contributed by atoms with van der Waals surface area (Å²) in [5.41, 5.74) is 6.47. The SMILES string of the molecule is Nc1cc(Cl)c(Cl)cc1SCc1ccco1. The second-order valence-electron chi connectivity index (χ2n) is 3.17. The van der Waals surface area contributed by atoms with Gasteiger partial charge in [-0.1, -0.05) is 23.2 Å². The molecule has 0 unspecified atom stereocenters. The van der Waals surface area contributed by atoms with Crippen molar-refractivity contribution in [3.05, 3.63) is 46.3 Å². The molecule has 0 bridgehead atoms. The lowest BCUT2D eigenvalue weighted by atomic mass is 10.3. The summed E-state index contributed by atoms with van der Waals surface area (Å²) in [5, 5.41) is 0.985. The van der Waals surface area contributed by atoms with Crippen LogP contribution in [0.2, 0.25) is 10.0 Å². The number of furan rings is 1. The highest BCUT2D eigenvalue weighted by molar-refractivity contribution is 7.98. The fourth-order valence-corrected chi connectivity index (χ4v) is 2.50. The van der Waals surface area contributed by atoms with Crippen molar-refractivity contribution >= 4 is 40.7 Å². The first-order valence-electron chi connectivity index (χ1n) is 4.56. The summed E-state index contributed by atoms with van der Waals surface area (Å²) in [5.74, 6) is 1.62. The van der Waals surface area contributed by atoms with Gasteiger partial charge in [0.15, 0.2) is 0 Å². The van der Waals surface area contributed by atoms with Gasteiger partial charge in [-0.2, -0.15) is 0 Å². The van der Waals surface area contributed by atoms with Crippen LogP contribution in [0.3, 0.4) is 0 Å². The minimum atomic E-state index is 0.474. The Hall–Kier alpha value is -0.770. The molecule has 0 saturated heterocycles. The highest BCUT2D eigenvalue weighted by Crippen LogP contribution is 2.34. The van der Waals surface area contributed by atoms with E-state index >= 15 is 0 Å². The lowest BCUT2D eigenvalue weighted by Crippen LogP contribution is -1.89. The average molecular weight is 274 g/mol. The highest BCUT2D eigenvalue weighted by Gasteiger charge is 2.06. The first-order valence-corrected chi connectivity index (χ1v) is 6.30. The molecule has 5 heteroatoms. The number of nitrogen functional groups attached to an aromatic ring is 1. The first kappa shape index (κ1) is 11.7. The van der Waals surface area contributed by atoms with E-state index in [1.54, 1.807) is 30.2 Å². The Bertz CT molecular complexity index is 485. The monoisotopic (exact) mass is 273 g/mol. The molecule has 1 heterocycles. The van der Waals surface area contributed by atoms with E-state index in [1.807, 2.05) is 12.1 Å². The van der Waals surface area contributed by atoms with Crippen molar-refractivity contribution in [1.82, 2.24) is 0 Å². The van der Waals surface area contributed by atoms with Gasteiger partial charge in [-0.3, -0.25) is 0 Å². The van der Waals surface area contributed by atoms with Gasteiger partial charge >= 0.3 is 0 Å². The van der Waals surface area contributed by atoms with Crippen LogP contribution in [-0.4, -0.2) is 0 Å². The normalized spacial score (nSPS) is 10.6. The highest BCUT2D eigenvalue weighted by atomic mass is 35.5. The van der Waals surface area contributed by atoms with E-state index in [4.69, 9.17) is 33.4 Å². The fraction of sp³-hybridized carbons (Fsp3) is 0.0909. The number of halogens is 2. The first-order chi connectivity index (χ1) is 7.66. The van der Waals surface area contributed by atoms with Crippen LogP contribution in [0.1, 0.15) is 5.76 Å². The molecule has 0 saturated carbocycles. The molecule has 0 fully saturated rings. The smallest absolute Gasteiger partial charge is 0.113 e. The van der Waals surface area contributed by atoms with Gasteiger partial charge in [-0.15, -0.1) is 11.8 Å². The molecule has 2 nitrogen and oxygen atoms in total. The zero-order valence-electron chi connectivity index (χ0n) is 8.24. The van der Waals surface area contributed by atoms with Crippen molar-refractivity contribution < 1.29 is 4.42 Å². The van der Waals surface area contributed by atoms with E-state index in [1.165, 1.54) is 0 Å². The molecule has 84 valence electrons. The van der Waals surface area contributed by atoms with Gasteiger partial charge in [0.25, 0.3) is 0 Å². The zero-order chi connectivity index (χ0) is 11.5. The minimum absolute atomic E-state index is 0.474. The second kappa shape index (κ2) is 5.04. The largest absolute Gasteiger partial charge is 0.468 e. The maximum absolute atomic E-state index is 5.92. The predicted molar refractivity (Wildman–Crippen MR) is 69.1 cm³/mol. The van der Waals surface area contributed by atoms with Crippen LogP contribution < -0.4 is 5.73 Å². The van der Waals surface area contributed by atoms with Gasteiger partial charge in [0, 0.05) is 10.6 Å². The molecular weight excluding hydrogens is 265 g/mol. The van der Waals surface area contributed by atoms with E-state index < -0.39 is 0 Å². The Kier molecular flexibility index (Phi) is 3.69. The van der Waals surface area contributed by atoms with Crippen molar-refractivity contribution in [3.63, 3.8) is 0 Å². The molecule has 2 N–H and O–H groups in total. The van der Waals surface area contributed by atoms with Gasteiger partial charge in [0.05, 0.1) is 22.1 Å². The van der Waals surface area contributed by atoms with Gasteiger partial charge in [0.2, 0.25) is 0 Å². The number of rotatable bonds is 3. The van der Waals surface area contributed by atoms with Crippen molar-refractivity contribution in [2.75, 3.05) is 5.73 Å². The van der Waals surface area contributed by atoms with Crippen LogP contribution in [0.25, 0.3) is 0 Å². The van der Waals surface area contributed by atoms with Crippen LogP contribution >= 0.6 is 35.0 Å². The number of hydrogen-bond acceptors (Lipinski definition) is 3. The van der Waals surface area contributed by atoms with E-state index in [-0.39, 0.29) is 0 Å². The summed E-state index contributed by atoms with van der Waals surface area (Å²) in [6, 6.07) is 7.20. The van der Waals surface area contributed by atoms with Crippen molar-refractivity contribution in [2.24, 2.45) is 0 Å².